The minimum atomic E-state index is -0.225. The molecule has 0 atom stereocenters. The molecule has 0 fully saturated rings. The van der Waals surface area contributed by atoms with Crippen LogP contribution in [0.25, 0.3) is 16.3 Å². The maximum Gasteiger partial charge on any atom is 0.257 e. The Kier molecular flexibility index (Phi) is 5.60. The second kappa shape index (κ2) is 8.47. The zero-order chi connectivity index (χ0) is 20.2. The smallest absolute Gasteiger partial charge is 0.257 e. The highest BCUT2D eigenvalue weighted by Gasteiger charge is 2.20. The molecular formula is C23H17ClN2O2S. The predicted molar refractivity (Wildman–Crippen MR) is 120 cm³/mol. The number of anilines is 2. The van der Waals surface area contributed by atoms with E-state index in [-0.39, 0.29) is 5.91 Å². The summed E-state index contributed by atoms with van der Waals surface area (Å²) in [7, 11) is 1.60. The van der Waals surface area contributed by atoms with E-state index in [2.05, 4.69) is 4.98 Å². The predicted octanol–water partition coefficient (Wildman–Crippen LogP) is 6.34. The zero-order valence-corrected chi connectivity index (χ0v) is 17.2. The van der Waals surface area contributed by atoms with Gasteiger partial charge in [-0.3, -0.25) is 9.69 Å². The molecule has 0 aliphatic carbocycles. The van der Waals surface area contributed by atoms with Gasteiger partial charge in [0.15, 0.2) is 5.13 Å². The van der Waals surface area contributed by atoms with E-state index in [0.717, 1.165) is 15.8 Å². The van der Waals surface area contributed by atoms with E-state index < -0.39 is 0 Å². The fourth-order valence-electron chi connectivity index (χ4n) is 2.88. The molecular weight excluding hydrogens is 404 g/mol. The molecule has 1 amide bonds. The maximum absolute atomic E-state index is 13.2. The van der Waals surface area contributed by atoms with Crippen LogP contribution in [-0.4, -0.2) is 18.0 Å². The highest BCUT2D eigenvalue weighted by Crippen LogP contribution is 2.35. The van der Waals surface area contributed by atoms with Crippen molar-refractivity contribution < 1.29 is 9.53 Å². The third-order valence-electron chi connectivity index (χ3n) is 4.32. The molecule has 144 valence electrons. The van der Waals surface area contributed by atoms with Crippen LogP contribution in [0.2, 0.25) is 5.02 Å². The summed E-state index contributed by atoms with van der Waals surface area (Å²) in [4.78, 5) is 19.5. The van der Waals surface area contributed by atoms with Crippen molar-refractivity contribution in [2.75, 3.05) is 12.0 Å². The Bertz CT molecular complexity index is 1170. The summed E-state index contributed by atoms with van der Waals surface area (Å²) in [5.41, 5.74) is 2.30. The number of hydrogen-bond acceptors (Lipinski definition) is 4. The molecule has 0 aliphatic heterocycles. The lowest BCUT2D eigenvalue weighted by Gasteiger charge is -2.19. The SMILES string of the molecule is COc1cccc(N(C(=O)/C=C/c2ccccc2Cl)c2nc3ccccc3s2)c1. The van der Waals surface area contributed by atoms with Crippen LogP contribution >= 0.6 is 22.9 Å². The lowest BCUT2D eigenvalue weighted by molar-refractivity contribution is -0.113. The van der Waals surface area contributed by atoms with Gasteiger partial charge < -0.3 is 4.74 Å². The van der Waals surface area contributed by atoms with E-state index in [0.29, 0.717) is 21.6 Å². The molecule has 1 heterocycles. The standard InChI is InChI=1S/C23H17ClN2O2S/c1-28-18-9-6-8-17(15-18)26(23-25-20-11-4-5-12-21(20)29-23)22(27)14-13-16-7-2-3-10-19(16)24/h2-15H,1H3/b14-13+. The molecule has 0 aliphatic rings. The van der Waals surface area contributed by atoms with Gasteiger partial charge in [-0.05, 0) is 42.0 Å². The molecule has 4 aromatic rings. The van der Waals surface area contributed by atoms with Crippen LogP contribution in [-0.2, 0) is 4.79 Å². The Labute approximate surface area is 177 Å². The monoisotopic (exact) mass is 420 g/mol. The summed E-state index contributed by atoms with van der Waals surface area (Å²) < 4.78 is 6.35. The summed E-state index contributed by atoms with van der Waals surface area (Å²) in [5.74, 6) is 0.439. The third kappa shape index (κ3) is 4.16. The van der Waals surface area contributed by atoms with Gasteiger partial charge in [0.05, 0.1) is 23.0 Å². The van der Waals surface area contributed by atoms with Gasteiger partial charge >= 0.3 is 0 Å². The van der Waals surface area contributed by atoms with Crippen LogP contribution in [0.15, 0.2) is 78.9 Å². The molecule has 3 aromatic carbocycles. The Balaban J connectivity index is 1.77. The minimum Gasteiger partial charge on any atom is -0.497 e. The molecule has 1 aromatic heterocycles. The Hall–Kier alpha value is -3.15. The molecule has 0 saturated carbocycles. The van der Waals surface area contributed by atoms with Crippen LogP contribution in [0.3, 0.4) is 0 Å². The van der Waals surface area contributed by atoms with Crippen molar-refractivity contribution in [3.05, 3.63) is 89.5 Å². The van der Waals surface area contributed by atoms with Crippen LogP contribution in [0.5, 0.6) is 5.75 Å². The van der Waals surface area contributed by atoms with Gasteiger partial charge in [0, 0.05) is 17.2 Å². The molecule has 0 radical (unpaired) electrons. The number of methoxy groups -OCH3 is 1. The first-order valence-electron chi connectivity index (χ1n) is 8.92. The number of fused-ring (bicyclic) bond motifs is 1. The van der Waals surface area contributed by atoms with E-state index >= 15 is 0 Å². The zero-order valence-electron chi connectivity index (χ0n) is 15.6. The van der Waals surface area contributed by atoms with Gasteiger partial charge in [0.1, 0.15) is 5.75 Å². The van der Waals surface area contributed by atoms with Gasteiger partial charge in [-0.1, -0.05) is 59.3 Å². The highest BCUT2D eigenvalue weighted by molar-refractivity contribution is 7.22. The minimum absolute atomic E-state index is 0.225. The van der Waals surface area contributed by atoms with Crippen molar-refractivity contribution in [2.45, 2.75) is 0 Å². The number of hydrogen-bond donors (Lipinski definition) is 0. The number of benzene rings is 3. The molecule has 4 nitrogen and oxygen atoms in total. The third-order valence-corrected chi connectivity index (χ3v) is 5.68. The van der Waals surface area contributed by atoms with Crippen molar-refractivity contribution in [1.82, 2.24) is 4.98 Å². The second-order valence-electron chi connectivity index (χ2n) is 6.19. The molecule has 0 unspecified atom stereocenters. The number of carbonyl (C=O) groups excluding carboxylic acids is 1. The number of aromatic nitrogens is 1. The lowest BCUT2D eigenvalue weighted by Crippen LogP contribution is -2.23. The summed E-state index contributed by atoms with van der Waals surface area (Å²) in [6, 6.07) is 22.5. The van der Waals surface area contributed by atoms with Gasteiger partial charge in [-0.2, -0.15) is 0 Å². The van der Waals surface area contributed by atoms with Gasteiger partial charge in [0.2, 0.25) is 0 Å². The first-order chi connectivity index (χ1) is 14.2. The van der Waals surface area contributed by atoms with Crippen LogP contribution in [0, 0.1) is 0 Å². The summed E-state index contributed by atoms with van der Waals surface area (Å²) in [6.07, 6.45) is 3.22. The Morgan fingerprint density at radius 2 is 1.86 bits per heavy atom. The fraction of sp³-hybridized carbons (Fsp3) is 0.0435. The Morgan fingerprint density at radius 3 is 2.66 bits per heavy atom. The van der Waals surface area contributed by atoms with Crippen molar-refractivity contribution >= 4 is 56.0 Å². The Morgan fingerprint density at radius 1 is 1.07 bits per heavy atom. The first-order valence-corrected chi connectivity index (χ1v) is 10.1. The van der Waals surface area contributed by atoms with Crippen LogP contribution in [0.4, 0.5) is 10.8 Å². The number of nitrogens with zero attached hydrogens (tertiary/aromatic N) is 2. The van der Waals surface area contributed by atoms with E-state index in [1.807, 2.05) is 66.7 Å². The lowest BCUT2D eigenvalue weighted by atomic mass is 10.2. The van der Waals surface area contributed by atoms with Crippen molar-refractivity contribution in [3.63, 3.8) is 0 Å². The largest absolute Gasteiger partial charge is 0.497 e. The molecule has 0 saturated heterocycles. The van der Waals surface area contributed by atoms with Crippen LogP contribution in [0.1, 0.15) is 5.56 Å². The van der Waals surface area contributed by atoms with Crippen molar-refractivity contribution in [1.29, 1.82) is 0 Å². The van der Waals surface area contributed by atoms with Crippen molar-refractivity contribution in [3.8, 4) is 5.75 Å². The van der Waals surface area contributed by atoms with Gasteiger partial charge in [0.25, 0.3) is 5.91 Å². The number of thiazole rings is 1. The number of halogens is 1. The number of amides is 1. The summed E-state index contributed by atoms with van der Waals surface area (Å²) >= 11 is 7.67. The van der Waals surface area contributed by atoms with E-state index in [1.165, 1.54) is 17.4 Å². The number of carbonyl (C=O) groups is 1. The molecule has 29 heavy (non-hydrogen) atoms. The highest BCUT2D eigenvalue weighted by atomic mass is 35.5. The summed E-state index contributed by atoms with van der Waals surface area (Å²) in [6.45, 7) is 0. The number of ether oxygens (including phenoxy) is 1. The average Bonchev–Trinajstić information content (AvgIpc) is 3.17. The molecule has 4 rings (SSSR count). The summed E-state index contributed by atoms with van der Waals surface area (Å²) in [5, 5.41) is 1.18. The van der Waals surface area contributed by atoms with Gasteiger partial charge in [-0.25, -0.2) is 4.98 Å². The van der Waals surface area contributed by atoms with Crippen molar-refractivity contribution in [2.24, 2.45) is 0 Å². The van der Waals surface area contributed by atoms with Crippen LogP contribution < -0.4 is 9.64 Å². The fourth-order valence-corrected chi connectivity index (χ4v) is 4.07. The first kappa shape index (κ1) is 19.2. The average molecular weight is 421 g/mol. The van der Waals surface area contributed by atoms with Gasteiger partial charge in [-0.15, -0.1) is 0 Å². The van der Waals surface area contributed by atoms with E-state index in [1.54, 1.807) is 24.2 Å². The van der Waals surface area contributed by atoms with E-state index in [4.69, 9.17) is 16.3 Å². The second-order valence-corrected chi connectivity index (χ2v) is 7.61. The topological polar surface area (TPSA) is 42.4 Å². The number of para-hydroxylation sites is 1. The molecule has 0 bridgehead atoms. The van der Waals surface area contributed by atoms with E-state index in [9.17, 15) is 4.79 Å². The molecule has 0 spiro atoms. The molecule has 0 N–H and O–H groups in total. The number of rotatable bonds is 5. The normalized spacial score (nSPS) is 11.1. The quantitative estimate of drug-likeness (QED) is 0.354. The maximum atomic E-state index is 13.2. The molecule has 6 heteroatoms.